The van der Waals surface area contributed by atoms with Crippen LogP contribution in [0.15, 0.2) is 29.5 Å². The molecule has 0 amide bonds. The summed E-state index contributed by atoms with van der Waals surface area (Å²) < 4.78 is 1.13. The lowest BCUT2D eigenvalue weighted by Gasteiger charge is -2.38. The first kappa shape index (κ1) is 20.1. The lowest BCUT2D eigenvalue weighted by Crippen LogP contribution is -2.44. The van der Waals surface area contributed by atoms with Gasteiger partial charge < -0.3 is 15.1 Å². The number of thiophene rings is 1. The molecular formula is C24H29N7S. The molecular weight excluding hydrogens is 418 g/mol. The van der Waals surface area contributed by atoms with E-state index >= 15 is 0 Å². The molecule has 1 saturated carbocycles. The van der Waals surface area contributed by atoms with Crippen molar-refractivity contribution in [2.24, 2.45) is 4.99 Å². The number of aliphatic imine (C=N–C) groups is 1. The first-order valence-corrected chi connectivity index (χ1v) is 12.5. The zero-order chi connectivity index (χ0) is 21.5. The molecule has 7 nitrogen and oxygen atoms in total. The summed E-state index contributed by atoms with van der Waals surface area (Å²) >= 11 is 1.72. The molecule has 6 rings (SSSR count). The molecule has 1 spiro atoms. The van der Waals surface area contributed by atoms with Gasteiger partial charge in [-0.05, 0) is 38.4 Å². The van der Waals surface area contributed by atoms with Crippen molar-refractivity contribution in [3.8, 4) is 0 Å². The van der Waals surface area contributed by atoms with Crippen molar-refractivity contribution in [1.29, 1.82) is 0 Å². The lowest BCUT2D eigenvalue weighted by molar-refractivity contribution is 0.304. The first-order chi connectivity index (χ1) is 15.7. The number of hydrogen-bond donors (Lipinski definition) is 1. The quantitative estimate of drug-likeness (QED) is 0.617. The van der Waals surface area contributed by atoms with Gasteiger partial charge in [-0.15, -0.1) is 11.3 Å². The van der Waals surface area contributed by atoms with Crippen LogP contribution in [0.25, 0.3) is 10.2 Å². The van der Waals surface area contributed by atoms with E-state index in [1.807, 2.05) is 18.5 Å². The normalized spacial score (nSPS) is 20.6. The van der Waals surface area contributed by atoms with Gasteiger partial charge in [0.05, 0.1) is 28.3 Å². The number of nitrogens with one attached hydrogen (secondary N) is 1. The topological polar surface area (TPSA) is 69.5 Å². The molecule has 32 heavy (non-hydrogen) atoms. The Bertz CT molecular complexity index is 1140. The summed E-state index contributed by atoms with van der Waals surface area (Å²) in [6.07, 6.45) is 13.5. The lowest BCUT2D eigenvalue weighted by atomic mass is 9.67. The van der Waals surface area contributed by atoms with Gasteiger partial charge in [0.15, 0.2) is 0 Å². The SMILES string of the molecule is CN1CCN(c2ccc(Nc3ncc4sc5c(c4n3)C3(CC=N5)CCCCC3)nc2)CC1. The van der Waals surface area contributed by atoms with E-state index in [4.69, 9.17) is 9.98 Å². The third kappa shape index (κ3) is 3.55. The molecule has 3 aromatic rings. The van der Waals surface area contributed by atoms with Crippen molar-refractivity contribution in [1.82, 2.24) is 19.9 Å². The van der Waals surface area contributed by atoms with Crippen LogP contribution in [0.2, 0.25) is 0 Å². The molecule has 166 valence electrons. The standard InChI is InChI=1S/C24H29N7S/c1-30-11-13-31(14-12-30)17-5-6-19(26-15-17)28-23-27-16-18-21(29-23)20-22(32-18)25-10-9-24(20)7-3-2-4-8-24/h5-6,10,15-16H,2-4,7-9,11-14H2,1H3,(H,26,27,28,29). The summed E-state index contributed by atoms with van der Waals surface area (Å²) in [4.78, 5) is 23.7. The number of hydrogen-bond acceptors (Lipinski definition) is 8. The van der Waals surface area contributed by atoms with Crippen LogP contribution >= 0.6 is 11.3 Å². The molecule has 2 fully saturated rings. The maximum Gasteiger partial charge on any atom is 0.228 e. The monoisotopic (exact) mass is 447 g/mol. The average molecular weight is 448 g/mol. The highest BCUT2D eigenvalue weighted by molar-refractivity contribution is 7.22. The van der Waals surface area contributed by atoms with Crippen LogP contribution in [-0.2, 0) is 5.41 Å². The van der Waals surface area contributed by atoms with Gasteiger partial charge in [0.2, 0.25) is 5.95 Å². The van der Waals surface area contributed by atoms with Crippen molar-refractivity contribution in [2.45, 2.75) is 43.9 Å². The minimum absolute atomic E-state index is 0.210. The number of aromatic nitrogens is 3. The molecule has 3 aromatic heterocycles. The average Bonchev–Trinajstić information content (AvgIpc) is 3.20. The van der Waals surface area contributed by atoms with Gasteiger partial charge in [-0.1, -0.05) is 19.3 Å². The molecule has 0 atom stereocenters. The molecule has 1 aliphatic carbocycles. The highest BCUT2D eigenvalue weighted by atomic mass is 32.1. The second kappa shape index (κ2) is 8.08. The van der Waals surface area contributed by atoms with Gasteiger partial charge >= 0.3 is 0 Å². The van der Waals surface area contributed by atoms with Crippen molar-refractivity contribution < 1.29 is 0 Å². The van der Waals surface area contributed by atoms with E-state index in [2.05, 4.69) is 44.4 Å². The Balaban J connectivity index is 1.27. The molecule has 2 aliphatic heterocycles. The van der Waals surface area contributed by atoms with Gasteiger partial charge in [0.25, 0.3) is 0 Å². The second-order valence-electron chi connectivity index (χ2n) is 9.36. The van der Waals surface area contributed by atoms with E-state index in [0.717, 1.165) is 53.6 Å². The zero-order valence-electron chi connectivity index (χ0n) is 18.5. The number of anilines is 3. The molecule has 1 N–H and O–H groups in total. The summed E-state index contributed by atoms with van der Waals surface area (Å²) in [5.74, 6) is 1.38. The van der Waals surface area contributed by atoms with Gasteiger partial charge in [-0.3, -0.25) is 0 Å². The molecule has 3 aliphatic rings. The molecule has 5 heterocycles. The van der Waals surface area contributed by atoms with Crippen LogP contribution in [0.5, 0.6) is 0 Å². The van der Waals surface area contributed by atoms with Crippen LogP contribution in [0, 0.1) is 0 Å². The number of rotatable bonds is 3. The smallest absolute Gasteiger partial charge is 0.228 e. The Kier molecular flexibility index (Phi) is 5.07. The van der Waals surface area contributed by atoms with E-state index in [1.54, 1.807) is 11.3 Å². The predicted molar refractivity (Wildman–Crippen MR) is 132 cm³/mol. The van der Waals surface area contributed by atoms with Crippen molar-refractivity contribution in [3.05, 3.63) is 30.1 Å². The van der Waals surface area contributed by atoms with Crippen molar-refractivity contribution in [2.75, 3.05) is 43.4 Å². The second-order valence-corrected chi connectivity index (χ2v) is 10.4. The number of pyridine rings is 1. The molecule has 0 unspecified atom stereocenters. The van der Waals surface area contributed by atoms with E-state index in [0.29, 0.717) is 5.95 Å². The summed E-state index contributed by atoms with van der Waals surface area (Å²) in [5.41, 5.74) is 3.82. The molecule has 0 aromatic carbocycles. The highest BCUT2D eigenvalue weighted by Crippen LogP contribution is 2.53. The van der Waals surface area contributed by atoms with Crippen LogP contribution in [-0.4, -0.2) is 59.3 Å². The van der Waals surface area contributed by atoms with E-state index in [-0.39, 0.29) is 5.41 Å². The largest absolute Gasteiger partial charge is 0.368 e. The van der Waals surface area contributed by atoms with Crippen LogP contribution in [0.4, 0.5) is 22.5 Å². The van der Waals surface area contributed by atoms with E-state index in [9.17, 15) is 0 Å². The van der Waals surface area contributed by atoms with E-state index < -0.39 is 0 Å². The molecule has 1 saturated heterocycles. The molecule has 8 heteroatoms. The summed E-state index contributed by atoms with van der Waals surface area (Å²) in [5, 5.41) is 4.46. The molecule has 0 bridgehead atoms. The Morgan fingerprint density at radius 2 is 1.84 bits per heavy atom. The highest BCUT2D eigenvalue weighted by Gasteiger charge is 2.40. The van der Waals surface area contributed by atoms with Crippen molar-refractivity contribution in [3.63, 3.8) is 0 Å². The summed E-state index contributed by atoms with van der Waals surface area (Å²) in [6, 6.07) is 4.16. The number of nitrogens with zero attached hydrogens (tertiary/aromatic N) is 6. The number of fused-ring (bicyclic) bond motifs is 4. The van der Waals surface area contributed by atoms with Crippen LogP contribution in [0.3, 0.4) is 0 Å². The minimum atomic E-state index is 0.210. The fraction of sp³-hybridized carbons (Fsp3) is 0.500. The van der Waals surface area contributed by atoms with Crippen LogP contribution < -0.4 is 10.2 Å². The van der Waals surface area contributed by atoms with Gasteiger partial charge in [-0.2, -0.15) is 0 Å². The number of likely N-dealkylation sites (N-methyl/N-ethyl adjacent to an activating group) is 1. The fourth-order valence-electron chi connectivity index (χ4n) is 5.42. The third-order valence-electron chi connectivity index (χ3n) is 7.30. The summed E-state index contributed by atoms with van der Waals surface area (Å²) in [6.45, 7) is 4.26. The van der Waals surface area contributed by atoms with Gasteiger partial charge in [0.1, 0.15) is 10.8 Å². The predicted octanol–water partition coefficient (Wildman–Crippen LogP) is 4.89. The van der Waals surface area contributed by atoms with Crippen molar-refractivity contribution >= 4 is 50.2 Å². The maximum atomic E-state index is 4.97. The Morgan fingerprint density at radius 3 is 2.62 bits per heavy atom. The number of piperazine rings is 1. The Labute approximate surface area is 192 Å². The van der Waals surface area contributed by atoms with Gasteiger partial charge in [-0.25, -0.2) is 19.9 Å². The third-order valence-corrected chi connectivity index (χ3v) is 8.32. The minimum Gasteiger partial charge on any atom is -0.368 e. The first-order valence-electron chi connectivity index (χ1n) is 11.7. The van der Waals surface area contributed by atoms with E-state index in [1.165, 1.54) is 43.4 Å². The van der Waals surface area contributed by atoms with Crippen LogP contribution in [0.1, 0.15) is 44.1 Å². The summed E-state index contributed by atoms with van der Waals surface area (Å²) in [7, 11) is 2.17. The zero-order valence-corrected chi connectivity index (χ0v) is 19.4. The fourth-order valence-corrected chi connectivity index (χ4v) is 6.53. The maximum absolute atomic E-state index is 4.97. The molecule has 0 radical (unpaired) electrons. The van der Waals surface area contributed by atoms with Gasteiger partial charge in [0, 0.05) is 43.4 Å². The Hall–Kier alpha value is -2.58. The Morgan fingerprint density at radius 1 is 1.00 bits per heavy atom.